The van der Waals surface area contributed by atoms with Gasteiger partial charge in [0.1, 0.15) is 5.75 Å². The molecule has 2 aromatic rings. The molecule has 25 heavy (non-hydrogen) atoms. The molecule has 7 heteroatoms. The Kier molecular flexibility index (Phi) is 5.86. The van der Waals surface area contributed by atoms with Gasteiger partial charge in [0.25, 0.3) is 0 Å². The number of aromatic nitrogens is 1. The summed E-state index contributed by atoms with van der Waals surface area (Å²) in [6.45, 7) is 1.31. The first-order valence-electron chi connectivity index (χ1n) is 8.15. The van der Waals surface area contributed by atoms with Gasteiger partial charge in [-0.25, -0.2) is 4.98 Å². The molecule has 0 bridgehead atoms. The lowest BCUT2D eigenvalue weighted by molar-refractivity contribution is -0.119. The average molecular weight is 362 g/mol. The number of nitrogens with one attached hydrogen (secondary N) is 1. The van der Waals surface area contributed by atoms with Gasteiger partial charge in [0.2, 0.25) is 11.8 Å². The monoisotopic (exact) mass is 361 g/mol. The number of nitrogens with two attached hydrogens (primary N) is 1. The number of hydrogen-bond acceptors (Lipinski definition) is 5. The molecule has 1 saturated heterocycles. The summed E-state index contributed by atoms with van der Waals surface area (Å²) >= 11 is 5.84. The summed E-state index contributed by atoms with van der Waals surface area (Å²) in [4.78, 5) is 16.5. The van der Waals surface area contributed by atoms with E-state index in [1.807, 2.05) is 0 Å². The molecule has 0 spiro atoms. The van der Waals surface area contributed by atoms with Gasteiger partial charge in [-0.05, 0) is 49.1 Å². The first-order chi connectivity index (χ1) is 12.1. The molecule has 1 atom stereocenters. The van der Waals surface area contributed by atoms with Gasteiger partial charge in [0, 0.05) is 24.3 Å². The Morgan fingerprint density at radius 1 is 1.24 bits per heavy atom. The van der Waals surface area contributed by atoms with E-state index >= 15 is 0 Å². The van der Waals surface area contributed by atoms with E-state index in [1.165, 1.54) is 0 Å². The Labute approximate surface area is 151 Å². The van der Waals surface area contributed by atoms with Crippen LogP contribution in [0.5, 0.6) is 11.6 Å². The molecule has 1 aliphatic heterocycles. The predicted molar refractivity (Wildman–Crippen MR) is 95.9 cm³/mol. The fraction of sp³-hybridized carbons (Fsp3) is 0.333. The zero-order valence-corrected chi connectivity index (χ0v) is 14.4. The number of nitrogens with zero attached hydrogens (tertiary/aromatic N) is 1. The van der Waals surface area contributed by atoms with E-state index in [9.17, 15) is 4.79 Å². The normalized spacial score (nSPS) is 16.2. The maximum absolute atomic E-state index is 12.3. The van der Waals surface area contributed by atoms with E-state index in [0.29, 0.717) is 35.6 Å². The fourth-order valence-corrected chi connectivity index (χ4v) is 2.78. The van der Waals surface area contributed by atoms with Crippen molar-refractivity contribution in [3.8, 4) is 11.6 Å². The minimum atomic E-state index is -0.547. The third-order valence-corrected chi connectivity index (χ3v) is 4.37. The first kappa shape index (κ1) is 17.7. The van der Waals surface area contributed by atoms with Crippen LogP contribution in [0, 0.1) is 5.92 Å². The predicted octanol–water partition coefficient (Wildman–Crippen LogP) is 3.22. The third-order valence-electron chi connectivity index (χ3n) is 4.12. The van der Waals surface area contributed by atoms with Gasteiger partial charge in [-0.3, -0.25) is 4.79 Å². The highest BCUT2D eigenvalue weighted by Crippen LogP contribution is 2.23. The number of benzene rings is 1. The summed E-state index contributed by atoms with van der Waals surface area (Å²) in [5.41, 5.74) is 6.64. The SMILES string of the molecule is NC(C(=O)Nc1ccc(Oc2ccc(Cl)cc2)nc1)C1CCOCC1. The second-order valence-corrected chi connectivity index (χ2v) is 6.34. The second kappa shape index (κ2) is 8.29. The number of pyridine rings is 1. The third kappa shape index (κ3) is 4.92. The minimum absolute atomic E-state index is 0.147. The van der Waals surface area contributed by atoms with Crippen molar-refractivity contribution in [1.29, 1.82) is 0 Å². The van der Waals surface area contributed by atoms with E-state index in [4.69, 9.17) is 26.8 Å². The van der Waals surface area contributed by atoms with Crippen molar-refractivity contribution in [1.82, 2.24) is 4.98 Å². The van der Waals surface area contributed by atoms with Crippen molar-refractivity contribution in [3.63, 3.8) is 0 Å². The minimum Gasteiger partial charge on any atom is -0.439 e. The Morgan fingerprint density at radius 2 is 1.96 bits per heavy atom. The number of halogens is 1. The smallest absolute Gasteiger partial charge is 0.241 e. The van der Waals surface area contributed by atoms with Crippen molar-refractivity contribution in [2.75, 3.05) is 18.5 Å². The van der Waals surface area contributed by atoms with Gasteiger partial charge >= 0.3 is 0 Å². The van der Waals surface area contributed by atoms with Crippen LogP contribution >= 0.6 is 11.6 Å². The molecule has 1 amide bonds. The molecule has 2 heterocycles. The van der Waals surface area contributed by atoms with Crippen molar-refractivity contribution < 1.29 is 14.3 Å². The standard InChI is InChI=1S/C18H20ClN3O3/c19-13-1-4-15(5-2-13)25-16-6-3-14(11-21-16)22-18(23)17(20)12-7-9-24-10-8-12/h1-6,11-12,17H,7-10,20H2,(H,22,23). The van der Waals surface area contributed by atoms with Crippen molar-refractivity contribution in [2.45, 2.75) is 18.9 Å². The number of rotatable bonds is 5. The summed E-state index contributed by atoms with van der Waals surface area (Å²) in [5.74, 6) is 0.999. The molecule has 1 fully saturated rings. The number of hydrogen-bond donors (Lipinski definition) is 2. The van der Waals surface area contributed by atoms with Crippen molar-refractivity contribution in [3.05, 3.63) is 47.6 Å². The Morgan fingerprint density at radius 3 is 2.60 bits per heavy atom. The summed E-state index contributed by atoms with van der Waals surface area (Å²) in [5, 5.41) is 3.44. The Balaban J connectivity index is 1.56. The van der Waals surface area contributed by atoms with Crippen LogP contribution < -0.4 is 15.8 Å². The molecule has 1 aliphatic rings. The molecular weight excluding hydrogens is 342 g/mol. The fourth-order valence-electron chi connectivity index (χ4n) is 2.65. The molecular formula is C18H20ClN3O3. The lowest BCUT2D eigenvalue weighted by atomic mass is 9.92. The van der Waals surface area contributed by atoms with E-state index in [2.05, 4.69) is 10.3 Å². The lowest BCUT2D eigenvalue weighted by Crippen LogP contribution is -2.44. The zero-order chi connectivity index (χ0) is 17.6. The zero-order valence-electron chi connectivity index (χ0n) is 13.7. The van der Waals surface area contributed by atoms with Crippen molar-refractivity contribution >= 4 is 23.2 Å². The molecule has 0 saturated carbocycles. The van der Waals surface area contributed by atoms with Crippen LogP contribution in [0.15, 0.2) is 42.6 Å². The van der Waals surface area contributed by atoms with Gasteiger partial charge in [-0.1, -0.05) is 11.6 Å². The van der Waals surface area contributed by atoms with E-state index in [-0.39, 0.29) is 11.8 Å². The van der Waals surface area contributed by atoms with Crippen LogP contribution in [0.4, 0.5) is 5.69 Å². The van der Waals surface area contributed by atoms with Gasteiger partial charge in [-0.2, -0.15) is 0 Å². The topological polar surface area (TPSA) is 86.5 Å². The Hall–Kier alpha value is -2.15. The maximum Gasteiger partial charge on any atom is 0.241 e. The van der Waals surface area contributed by atoms with Gasteiger partial charge in [0.15, 0.2) is 0 Å². The highest BCUT2D eigenvalue weighted by atomic mass is 35.5. The number of carbonyl (C=O) groups excluding carboxylic acids is 1. The van der Waals surface area contributed by atoms with Crippen molar-refractivity contribution in [2.24, 2.45) is 11.7 Å². The number of ether oxygens (including phenoxy) is 2. The highest BCUT2D eigenvalue weighted by molar-refractivity contribution is 6.30. The molecule has 3 rings (SSSR count). The number of anilines is 1. The average Bonchev–Trinajstić information content (AvgIpc) is 2.65. The van der Waals surface area contributed by atoms with Crippen LogP contribution in [0.25, 0.3) is 0 Å². The number of amides is 1. The largest absolute Gasteiger partial charge is 0.439 e. The van der Waals surface area contributed by atoms with Crippen LogP contribution in [-0.2, 0) is 9.53 Å². The van der Waals surface area contributed by atoms with Crippen LogP contribution in [0.1, 0.15) is 12.8 Å². The number of carbonyl (C=O) groups is 1. The van der Waals surface area contributed by atoms with Gasteiger partial charge in [-0.15, -0.1) is 0 Å². The second-order valence-electron chi connectivity index (χ2n) is 5.91. The summed E-state index contributed by atoms with van der Waals surface area (Å²) in [6, 6.07) is 9.86. The molecule has 0 radical (unpaired) electrons. The van der Waals surface area contributed by atoms with Crippen LogP contribution in [0.3, 0.4) is 0 Å². The summed E-state index contributed by atoms with van der Waals surface area (Å²) in [7, 11) is 0. The molecule has 0 aliphatic carbocycles. The van der Waals surface area contributed by atoms with E-state index < -0.39 is 6.04 Å². The maximum atomic E-state index is 12.3. The van der Waals surface area contributed by atoms with Gasteiger partial charge < -0.3 is 20.5 Å². The summed E-state index contributed by atoms with van der Waals surface area (Å²) < 4.78 is 10.9. The van der Waals surface area contributed by atoms with E-state index in [0.717, 1.165) is 12.8 Å². The molecule has 1 aromatic carbocycles. The van der Waals surface area contributed by atoms with Crippen LogP contribution in [-0.4, -0.2) is 30.1 Å². The molecule has 132 valence electrons. The van der Waals surface area contributed by atoms with E-state index in [1.54, 1.807) is 42.6 Å². The first-order valence-corrected chi connectivity index (χ1v) is 8.53. The Bertz CT molecular complexity index is 701. The molecule has 6 nitrogen and oxygen atoms in total. The molecule has 1 unspecified atom stereocenters. The highest BCUT2D eigenvalue weighted by Gasteiger charge is 2.26. The molecule has 3 N–H and O–H groups in total. The summed E-state index contributed by atoms with van der Waals surface area (Å²) in [6.07, 6.45) is 3.15. The quantitative estimate of drug-likeness (QED) is 0.853. The van der Waals surface area contributed by atoms with Gasteiger partial charge in [0.05, 0.1) is 17.9 Å². The lowest BCUT2D eigenvalue weighted by Gasteiger charge is -2.26. The van der Waals surface area contributed by atoms with Crippen LogP contribution in [0.2, 0.25) is 5.02 Å². The molecule has 1 aromatic heterocycles.